The number of hydrogen-bond donors (Lipinski definition) is 0. The number of thiazole rings is 2. The lowest BCUT2D eigenvalue weighted by molar-refractivity contribution is 0.536. The zero-order valence-electron chi connectivity index (χ0n) is 13.4. The summed E-state index contributed by atoms with van der Waals surface area (Å²) in [7, 11) is -1.05. The van der Waals surface area contributed by atoms with E-state index in [4.69, 9.17) is 0 Å². The van der Waals surface area contributed by atoms with E-state index in [1.807, 2.05) is 39.3 Å². The van der Waals surface area contributed by atoms with E-state index >= 15 is 0 Å². The summed E-state index contributed by atoms with van der Waals surface area (Å²) in [6, 6.07) is 7.86. The van der Waals surface area contributed by atoms with E-state index in [0.717, 1.165) is 52.8 Å². The molecule has 2 aromatic heterocycles. The molecular weight excluding hydrogens is 372 g/mol. The second-order valence-electron chi connectivity index (χ2n) is 5.62. The summed E-state index contributed by atoms with van der Waals surface area (Å²) in [4.78, 5) is 13.7. The molecule has 0 N–H and O–H groups in total. The van der Waals surface area contributed by atoms with Crippen molar-refractivity contribution in [3.63, 3.8) is 0 Å². The molecule has 4 rings (SSSR count). The first-order valence-corrected chi connectivity index (χ1v) is 10.8. The van der Waals surface area contributed by atoms with Crippen molar-refractivity contribution >= 4 is 45.5 Å². The highest BCUT2D eigenvalue weighted by atomic mass is 32.2. The average Bonchev–Trinajstić information content (AvgIpc) is 3.42. The highest BCUT2D eigenvalue weighted by molar-refractivity contribution is 7.82. The lowest BCUT2D eigenvalue weighted by Crippen LogP contribution is -2.21. The van der Waals surface area contributed by atoms with Gasteiger partial charge in [-0.2, -0.15) is 0 Å². The first kappa shape index (κ1) is 16.7. The zero-order chi connectivity index (χ0) is 17.2. The standard InChI is InChI=1S/C17H16N4OS3/c1-18-17-20-15(11-24-17)14-10-23-16(19-14)12-4-6-13(7-5-12)25(22)21-8-2-3-9-21/h4-7,10-11H,1-3,8-9H2. The topological polar surface area (TPSA) is 58.5 Å². The van der Waals surface area contributed by atoms with Gasteiger partial charge in [0.2, 0.25) is 5.13 Å². The van der Waals surface area contributed by atoms with Crippen LogP contribution in [0.3, 0.4) is 0 Å². The van der Waals surface area contributed by atoms with Gasteiger partial charge in [0.15, 0.2) is 0 Å². The van der Waals surface area contributed by atoms with E-state index in [1.54, 1.807) is 11.3 Å². The van der Waals surface area contributed by atoms with Crippen molar-refractivity contribution in [3.8, 4) is 22.0 Å². The van der Waals surface area contributed by atoms with E-state index in [1.165, 1.54) is 11.3 Å². The number of hydrogen-bond acceptors (Lipinski definition) is 6. The average molecular weight is 389 g/mol. The summed E-state index contributed by atoms with van der Waals surface area (Å²) >= 11 is 3.03. The molecule has 1 aromatic carbocycles. The van der Waals surface area contributed by atoms with Gasteiger partial charge in [0.1, 0.15) is 27.4 Å². The van der Waals surface area contributed by atoms with Crippen LogP contribution < -0.4 is 0 Å². The zero-order valence-corrected chi connectivity index (χ0v) is 15.9. The van der Waals surface area contributed by atoms with Crippen LogP contribution >= 0.6 is 22.7 Å². The van der Waals surface area contributed by atoms with Crippen molar-refractivity contribution in [3.05, 3.63) is 35.0 Å². The Bertz CT molecular complexity index is 910. The SMILES string of the molecule is C=Nc1nc(-c2csc(-c3ccc(S(=O)N4CCCC4)cc3)n2)cs1. The first-order valence-electron chi connectivity index (χ1n) is 7.90. The molecule has 1 saturated heterocycles. The predicted octanol–water partition coefficient (Wildman–Crippen LogP) is 4.38. The van der Waals surface area contributed by atoms with E-state index in [2.05, 4.69) is 21.7 Å². The van der Waals surface area contributed by atoms with Crippen molar-refractivity contribution in [2.45, 2.75) is 17.7 Å². The summed E-state index contributed by atoms with van der Waals surface area (Å²) in [6.07, 6.45) is 2.26. The third-order valence-corrected chi connectivity index (χ3v) is 7.17. The van der Waals surface area contributed by atoms with Crippen molar-refractivity contribution in [2.75, 3.05) is 13.1 Å². The quantitative estimate of drug-likeness (QED) is 0.609. The molecule has 25 heavy (non-hydrogen) atoms. The van der Waals surface area contributed by atoms with Gasteiger partial charge in [0.25, 0.3) is 0 Å². The molecule has 3 heterocycles. The molecule has 3 aromatic rings. The van der Waals surface area contributed by atoms with Gasteiger partial charge in [-0.1, -0.05) is 12.1 Å². The van der Waals surface area contributed by atoms with Crippen LogP contribution in [0.4, 0.5) is 5.13 Å². The van der Waals surface area contributed by atoms with E-state index < -0.39 is 11.0 Å². The normalized spacial score (nSPS) is 16.2. The van der Waals surface area contributed by atoms with Crippen LogP contribution in [-0.4, -0.2) is 38.3 Å². The molecule has 0 spiro atoms. The van der Waals surface area contributed by atoms with Gasteiger partial charge in [-0.25, -0.2) is 23.5 Å². The largest absolute Gasteiger partial charge is 0.237 e. The van der Waals surface area contributed by atoms with Crippen LogP contribution in [0.25, 0.3) is 22.0 Å². The van der Waals surface area contributed by atoms with Gasteiger partial charge < -0.3 is 0 Å². The molecule has 1 aliphatic rings. The minimum Gasteiger partial charge on any atom is -0.237 e. The predicted molar refractivity (Wildman–Crippen MR) is 105 cm³/mol. The van der Waals surface area contributed by atoms with Crippen LogP contribution in [0, 0.1) is 0 Å². The molecule has 0 amide bonds. The third-order valence-electron chi connectivity index (χ3n) is 4.00. The monoisotopic (exact) mass is 388 g/mol. The van der Waals surface area contributed by atoms with E-state index in [9.17, 15) is 4.21 Å². The van der Waals surface area contributed by atoms with Gasteiger partial charge >= 0.3 is 0 Å². The molecule has 128 valence electrons. The van der Waals surface area contributed by atoms with Crippen molar-refractivity contribution in [1.29, 1.82) is 0 Å². The fraction of sp³-hybridized carbons (Fsp3) is 0.235. The van der Waals surface area contributed by atoms with Crippen molar-refractivity contribution < 1.29 is 4.21 Å². The molecule has 1 aliphatic heterocycles. The Labute approximate surface area is 156 Å². The molecule has 8 heteroatoms. The first-order chi connectivity index (χ1) is 12.2. The van der Waals surface area contributed by atoms with Gasteiger partial charge in [-0.05, 0) is 31.7 Å². The molecule has 5 nitrogen and oxygen atoms in total. The summed E-state index contributed by atoms with van der Waals surface area (Å²) in [5.74, 6) is 0. The molecular formula is C17H16N4OS3. The molecule has 0 radical (unpaired) electrons. The number of nitrogens with zero attached hydrogens (tertiary/aromatic N) is 4. The number of rotatable bonds is 5. The Morgan fingerprint density at radius 2 is 1.72 bits per heavy atom. The Morgan fingerprint density at radius 3 is 2.40 bits per heavy atom. The molecule has 0 aliphatic carbocycles. The van der Waals surface area contributed by atoms with Gasteiger partial charge in [0.05, 0.1) is 4.90 Å². The highest BCUT2D eigenvalue weighted by Gasteiger charge is 2.19. The van der Waals surface area contributed by atoms with Gasteiger partial charge in [-0.15, -0.1) is 22.7 Å². The maximum Gasteiger partial charge on any atom is 0.209 e. The lowest BCUT2D eigenvalue weighted by Gasteiger charge is -2.13. The number of aliphatic imine (C=N–C) groups is 1. The maximum absolute atomic E-state index is 12.5. The minimum atomic E-state index is -1.05. The minimum absolute atomic E-state index is 0.651. The Kier molecular flexibility index (Phi) is 4.85. The lowest BCUT2D eigenvalue weighted by atomic mass is 10.2. The Hall–Kier alpha value is -1.74. The van der Waals surface area contributed by atoms with Crippen molar-refractivity contribution in [1.82, 2.24) is 14.3 Å². The van der Waals surface area contributed by atoms with Gasteiger partial charge in [0, 0.05) is 29.4 Å². The van der Waals surface area contributed by atoms with Crippen LogP contribution in [0.15, 0.2) is 44.9 Å². The highest BCUT2D eigenvalue weighted by Crippen LogP contribution is 2.31. The fourth-order valence-corrected chi connectivity index (χ4v) is 5.39. The van der Waals surface area contributed by atoms with Gasteiger partial charge in [-0.3, -0.25) is 0 Å². The number of aromatic nitrogens is 2. The molecule has 1 fully saturated rings. The molecule has 1 unspecified atom stereocenters. The Balaban J connectivity index is 1.54. The smallest absolute Gasteiger partial charge is 0.209 e. The molecule has 0 saturated carbocycles. The summed E-state index contributed by atoms with van der Waals surface area (Å²) in [5, 5.41) is 5.51. The van der Waals surface area contributed by atoms with Crippen LogP contribution in [0.1, 0.15) is 12.8 Å². The second kappa shape index (κ2) is 7.25. The maximum atomic E-state index is 12.5. The van der Waals surface area contributed by atoms with Crippen molar-refractivity contribution in [2.24, 2.45) is 4.99 Å². The Morgan fingerprint density at radius 1 is 1.04 bits per heavy atom. The second-order valence-corrected chi connectivity index (χ2v) is 8.80. The van der Waals surface area contributed by atoms with E-state index in [-0.39, 0.29) is 0 Å². The molecule has 1 atom stereocenters. The third kappa shape index (κ3) is 3.48. The summed E-state index contributed by atoms with van der Waals surface area (Å²) in [6.45, 7) is 5.33. The van der Waals surface area contributed by atoms with Crippen LogP contribution in [-0.2, 0) is 11.0 Å². The van der Waals surface area contributed by atoms with E-state index in [0.29, 0.717) is 5.13 Å². The van der Waals surface area contributed by atoms with Crippen LogP contribution in [0.2, 0.25) is 0 Å². The van der Waals surface area contributed by atoms with Crippen LogP contribution in [0.5, 0.6) is 0 Å². The number of benzene rings is 1. The summed E-state index contributed by atoms with van der Waals surface area (Å²) < 4.78 is 14.5. The fourth-order valence-electron chi connectivity index (χ4n) is 2.70. The summed E-state index contributed by atoms with van der Waals surface area (Å²) in [5.41, 5.74) is 2.69. The molecule has 0 bridgehead atoms.